The molecule has 8 heteroatoms. The van der Waals surface area contributed by atoms with E-state index in [9.17, 15) is 14.0 Å². The number of halogens is 2. The van der Waals surface area contributed by atoms with Crippen molar-refractivity contribution in [3.8, 4) is 11.5 Å². The Morgan fingerprint density at radius 1 is 1.00 bits per heavy atom. The Labute approximate surface area is 177 Å². The van der Waals surface area contributed by atoms with Crippen molar-refractivity contribution in [1.82, 2.24) is 0 Å². The van der Waals surface area contributed by atoms with Crippen LogP contribution in [0.4, 0.5) is 10.1 Å². The first kappa shape index (κ1) is 21.1. The molecule has 6 nitrogen and oxygen atoms in total. The average molecular weight is 430 g/mol. The fourth-order valence-corrected chi connectivity index (χ4v) is 2.94. The maximum absolute atomic E-state index is 13.6. The second-order valence-corrected chi connectivity index (χ2v) is 6.42. The van der Waals surface area contributed by atoms with E-state index < -0.39 is 17.8 Å². The predicted molar refractivity (Wildman–Crippen MR) is 110 cm³/mol. The Morgan fingerprint density at radius 3 is 2.47 bits per heavy atom. The number of esters is 2. The van der Waals surface area contributed by atoms with Crippen LogP contribution in [0.5, 0.6) is 11.5 Å². The number of ether oxygens (including phenoxy) is 3. The van der Waals surface area contributed by atoms with Gasteiger partial charge in [0.2, 0.25) is 0 Å². The van der Waals surface area contributed by atoms with Crippen molar-refractivity contribution < 1.29 is 28.2 Å². The molecule has 0 N–H and O–H groups in total. The molecule has 0 bridgehead atoms. The van der Waals surface area contributed by atoms with Crippen molar-refractivity contribution in [2.24, 2.45) is 0 Å². The number of carbonyl (C=O) groups is 2. The van der Waals surface area contributed by atoms with Crippen molar-refractivity contribution in [3.05, 3.63) is 89.0 Å². The van der Waals surface area contributed by atoms with Crippen molar-refractivity contribution >= 4 is 29.2 Å². The van der Waals surface area contributed by atoms with Crippen molar-refractivity contribution in [3.63, 3.8) is 0 Å². The van der Waals surface area contributed by atoms with Gasteiger partial charge in [0.15, 0.2) is 5.75 Å². The van der Waals surface area contributed by atoms with Crippen LogP contribution < -0.4 is 9.64 Å². The molecule has 0 fully saturated rings. The lowest BCUT2D eigenvalue weighted by molar-refractivity contribution is -0.139. The first-order valence-electron chi connectivity index (χ1n) is 8.72. The Balaban J connectivity index is 2.17. The number of hydrogen-bond acceptors (Lipinski definition) is 6. The second kappa shape index (κ2) is 9.28. The molecule has 154 valence electrons. The highest BCUT2D eigenvalue weighted by atomic mass is 35.5. The number of carbonyl (C=O) groups excluding carboxylic acids is 2. The van der Waals surface area contributed by atoms with Gasteiger partial charge in [0.1, 0.15) is 17.3 Å². The van der Waals surface area contributed by atoms with Crippen LogP contribution in [0.2, 0.25) is 5.02 Å². The second-order valence-electron chi connectivity index (χ2n) is 5.99. The monoisotopic (exact) mass is 429 g/mol. The summed E-state index contributed by atoms with van der Waals surface area (Å²) in [6.07, 6.45) is 6.17. The van der Waals surface area contributed by atoms with Gasteiger partial charge in [-0.05, 0) is 42.5 Å². The molecule has 0 aliphatic carbocycles. The highest BCUT2D eigenvalue weighted by molar-refractivity contribution is 6.31. The largest absolute Gasteiger partial charge is 0.465 e. The van der Waals surface area contributed by atoms with Gasteiger partial charge < -0.3 is 19.1 Å². The van der Waals surface area contributed by atoms with E-state index in [0.29, 0.717) is 10.7 Å². The molecule has 0 saturated carbocycles. The quantitative estimate of drug-likeness (QED) is 0.638. The Kier molecular flexibility index (Phi) is 6.54. The Bertz CT molecular complexity index is 1080. The smallest absolute Gasteiger partial charge is 0.355 e. The standard InChI is InChI=1S/C22H17ClFNO5/c1-28-21(26)17-8-3-4-11-25(20(17)22(27)29-2)18-12-14(23)9-10-19(18)30-16-7-5-6-15(24)13-16/h3-13H,1-2H3. The fourth-order valence-electron chi connectivity index (χ4n) is 2.77. The summed E-state index contributed by atoms with van der Waals surface area (Å²) in [5.74, 6) is -1.46. The topological polar surface area (TPSA) is 65.1 Å². The molecule has 30 heavy (non-hydrogen) atoms. The molecule has 2 aromatic rings. The van der Waals surface area contributed by atoms with Gasteiger partial charge in [-0.1, -0.05) is 23.7 Å². The molecule has 0 aromatic heterocycles. The lowest BCUT2D eigenvalue weighted by atomic mass is 10.1. The Hall–Kier alpha value is -3.58. The van der Waals surface area contributed by atoms with Crippen LogP contribution in [0.15, 0.2) is 78.2 Å². The van der Waals surface area contributed by atoms with Gasteiger partial charge in [0, 0.05) is 17.3 Å². The van der Waals surface area contributed by atoms with Gasteiger partial charge >= 0.3 is 11.9 Å². The maximum Gasteiger partial charge on any atom is 0.355 e. The third-order valence-corrected chi connectivity index (χ3v) is 4.33. The Morgan fingerprint density at radius 2 is 1.77 bits per heavy atom. The van der Waals surface area contributed by atoms with Crippen LogP contribution in [0, 0.1) is 5.82 Å². The number of rotatable bonds is 5. The van der Waals surface area contributed by atoms with Crippen LogP contribution in [0.25, 0.3) is 0 Å². The van der Waals surface area contributed by atoms with Crippen LogP contribution in [0.3, 0.4) is 0 Å². The zero-order valence-electron chi connectivity index (χ0n) is 16.1. The minimum absolute atomic E-state index is 0.0222. The van der Waals surface area contributed by atoms with E-state index >= 15 is 0 Å². The molecule has 0 spiro atoms. The summed E-state index contributed by atoms with van der Waals surface area (Å²) >= 11 is 6.19. The summed E-state index contributed by atoms with van der Waals surface area (Å²) in [4.78, 5) is 26.3. The lowest BCUT2D eigenvalue weighted by Crippen LogP contribution is -2.27. The average Bonchev–Trinajstić information content (AvgIpc) is 2.97. The van der Waals surface area contributed by atoms with Gasteiger partial charge in [-0.3, -0.25) is 0 Å². The number of nitrogens with zero attached hydrogens (tertiary/aromatic N) is 1. The molecule has 0 amide bonds. The molecular weight excluding hydrogens is 413 g/mol. The van der Waals surface area contributed by atoms with E-state index in [1.807, 2.05) is 0 Å². The number of hydrogen-bond donors (Lipinski definition) is 0. The number of anilines is 1. The molecule has 1 heterocycles. The van der Waals surface area contributed by atoms with Gasteiger partial charge in [0.25, 0.3) is 0 Å². The normalized spacial score (nSPS) is 13.1. The number of benzene rings is 2. The van der Waals surface area contributed by atoms with Crippen LogP contribution in [-0.4, -0.2) is 26.2 Å². The van der Waals surface area contributed by atoms with E-state index in [2.05, 4.69) is 0 Å². The molecular formula is C22H17ClFNO5. The van der Waals surface area contributed by atoms with Crippen LogP contribution >= 0.6 is 11.6 Å². The summed E-state index contributed by atoms with van der Waals surface area (Å²) in [5, 5.41) is 0.353. The zero-order chi connectivity index (χ0) is 21.7. The summed E-state index contributed by atoms with van der Waals surface area (Å²) < 4.78 is 29.1. The number of allylic oxidation sites excluding steroid dienone is 2. The molecule has 2 aromatic carbocycles. The van der Waals surface area contributed by atoms with Crippen molar-refractivity contribution in [2.45, 2.75) is 0 Å². The van der Waals surface area contributed by atoms with Gasteiger partial charge in [-0.25, -0.2) is 14.0 Å². The van der Waals surface area contributed by atoms with Crippen molar-refractivity contribution in [2.75, 3.05) is 19.1 Å². The number of methoxy groups -OCH3 is 2. The van der Waals surface area contributed by atoms with E-state index in [0.717, 1.165) is 0 Å². The van der Waals surface area contributed by atoms with E-state index in [1.165, 1.54) is 43.4 Å². The molecule has 0 atom stereocenters. The SMILES string of the molecule is COC(=O)C1=C(C(=O)OC)N(c2cc(Cl)ccc2Oc2cccc(F)c2)C=CC=C1. The third kappa shape index (κ3) is 4.52. The van der Waals surface area contributed by atoms with Gasteiger partial charge in [-0.15, -0.1) is 0 Å². The van der Waals surface area contributed by atoms with Crippen LogP contribution in [-0.2, 0) is 19.1 Å². The minimum Gasteiger partial charge on any atom is -0.465 e. The minimum atomic E-state index is -0.775. The molecule has 3 rings (SSSR count). The molecule has 1 aliphatic heterocycles. The first-order chi connectivity index (χ1) is 14.4. The van der Waals surface area contributed by atoms with E-state index in [1.54, 1.807) is 42.6 Å². The summed E-state index contributed by atoms with van der Waals surface area (Å²) in [7, 11) is 2.40. The van der Waals surface area contributed by atoms with Crippen LogP contribution in [0.1, 0.15) is 0 Å². The first-order valence-corrected chi connectivity index (χ1v) is 9.10. The predicted octanol–water partition coefficient (Wildman–Crippen LogP) is 4.76. The van der Waals surface area contributed by atoms with E-state index in [4.69, 9.17) is 25.8 Å². The van der Waals surface area contributed by atoms with Gasteiger partial charge in [-0.2, -0.15) is 0 Å². The van der Waals surface area contributed by atoms with Crippen molar-refractivity contribution in [1.29, 1.82) is 0 Å². The molecule has 0 radical (unpaired) electrons. The summed E-state index contributed by atoms with van der Waals surface area (Å²) in [6, 6.07) is 10.3. The molecule has 0 saturated heterocycles. The lowest BCUT2D eigenvalue weighted by Gasteiger charge is -2.25. The maximum atomic E-state index is 13.6. The molecule has 1 aliphatic rings. The highest BCUT2D eigenvalue weighted by Gasteiger charge is 2.29. The van der Waals surface area contributed by atoms with Gasteiger partial charge in [0.05, 0.1) is 25.5 Å². The van der Waals surface area contributed by atoms with E-state index in [-0.39, 0.29) is 22.8 Å². The summed E-state index contributed by atoms with van der Waals surface area (Å²) in [5.41, 5.74) is 0.209. The highest BCUT2D eigenvalue weighted by Crippen LogP contribution is 2.38. The summed E-state index contributed by atoms with van der Waals surface area (Å²) in [6.45, 7) is 0. The molecule has 0 unspecified atom stereocenters. The zero-order valence-corrected chi connectivity index (χ0v) is 16.9. The fraction of sp³-hybridized carbons (Fsp3) is 0.0909. The third-order valence-electron chi connectivity index (χ3n) is 4.09.